The van der Waals surface area contributed by atoms with Crippen molar-refractivity contribution in [3.8, 4) is 0 Å². The number of halogens is 1. The standard InChI is InChI=1S/C15H12ClN3O3S/c1-9-8-10-4-2-3-5-12(10)19(9)23(20,21)13-7-6-11(16)14-15(13)18-22-17-14/h2-7,9H,8H2,1H3. The molecule has 1 aliphatic heterocycles. The first-order valence-corrected chi connectivity index (χ1v) is 8.85. The quantitative estimate of drug-likeness (QED) is 0.710. The van der Waals surface area contributed by atoms with Gasteiger partial charge in [-0.05, 0) is 47.4 Å². The summed E-state index contributed by atoms with van der Waals surface area (Å²) in [5.74, 6) is 0. The largest absolute Gasteiger partial charge is 0.266 e. The maximum absolute atomic E-state index is 13.2. The molecule has 1 unspecified atom stereocenters. The Balaban J connectivity index is 1.94. The van der Waals surface area contributed by atoms with Crippen LogP contribution < -0.4 is 4.31 Å². The summed E-state index contributed by atoms with van der Waals surface area (Å²) in [6, 6.07) is 10.2. The number of nitrogens with zero attached hydrogens (tertiary/aromatic N) is 3. The highest BCUT2D eigenvalue weighted by Gasteiger charge is 2.37. The lowest BCUT2D eigenvalue weighted by Gasteiger charge is -2.24. The molecule has 0 bridgehead atoms. The summed E-state index contributed by atoms with van der Waals surface area (Å²) in [4.78, 5) is 0.0432. The molecule has 8 heteroatoms. The Hall–Kier alpha value is -2.12. The number of hydrogen-bond acceptors (Lipinski definition) is 5. The maximum atomic E-state index is 13.2. The van der Waals surface area contributed by atoms with E-state index < -0.39 is 10.0 Å². The molecule has 6 nitrogen and oxygen atoms in total. The number of para-hydroxylation sites is 1. The Labute approximate surface area is 137 Å². The topological polar surface area (TPSA) is 76.3 Å². The van der Waals surface area contributed by atoms with Gasteiger partial charge < -0.3 is 0 Å². The number of rotatable bonds is 2. The Morgan fingerprint density at radius 2 is 1.91 bits per heavy atom. The first-order valence-electron chi connectivity index (χ1n) is 7.03. The molecule has 0 radical (unpaired) electrons. The molecule has 1 aromatic heterocycles. The Kier molecular flexibility index (Phi) is 3.11. The summed E-state index contributed by atoms with van der Waals surface area (Å²) < 4.78 is 32.5. The molecule has 0 aliphatic carbocycles. The van der Waals surface area contributed by atoms with Gasteiger partial charge in [0, 0.05) is 6.04 Å². The van der Waals surface area contributed by atoms with Crippen LogP contribution in [0.3, 0.4) is 0 Å². The smallest absolute Gasteiger partial charge is 0.263 e. The average molecular weight is 350 g/mol. The van der Waals surface area contributed by atoms with E-state index in [9.17, 15) is 8.42 Å². The second-order valence-electron chi connectivity index (χ2n) is 5.49. The molecular formula is C15H12ClN3O3S. The highest BCUT2D eigenvalue weighted by molar-refractivity contribution is 7.93. The Bertz CT molecular complexity index is 1020. The van der Waals surface area contributed by atoms with Crippen LogP contribution in [0.2, 0.25) is 5.02 Å². The highest BCUT2D eigenvalue weighted by atomic mass is 35.5. The first kappa shape index (κ1) is 14.5. The van der Waals surface area contributed by atoms with Crippen molar-refractivity contribution in [2.75, 3.05) is 4.31 Å². The van der Waals surface area contributed by atoms with Crippen molar-refractivity contribution in [2.24, 2.45) is 0 Å². The fourth-order valence-corrected chi connectivity index (χ4v) is 5.03. The van der Waals surface area contributed by atoms with Crippen LogP contribution in [-0.2, 0) is 16.4 Å². The van der Waals surface area contributed by atoms with Gasteiger partial charge in [-0.3, -0.25) is 4.31 Å². The fourth-order valence-electron chi connectivity index (χ4n) is 3.03. The maximum Gasteiger partial charge on any atom is 0.266 e. The molecule has 3 aromatic rings. The molecule has 1 atom stereocenters. The van der Waals surface area contributed by atoms with Gasteiger partial charge in [0.15, 0.2) is 11.0 Å². The highest BCUT2D eigenvalue weighted by Crippen LogP contribution is 2.38. The average Bonchev–Trinajstić information content (AvgIpc) is 3.11. The van der Waals surface area contributed by atoms with Gasteiger partial charge in [-0.15, -0.1) is 0 Å². The van der Waals surface area contributed by atoms with Crippen molar-refractivity contribution in [3.63, 3.8) is 0 Å². The second kappa shape index (κ2) is 4.94. The minimum absolute atomic E-state index is 0.0432. The van der Waals surface area contributed by atoms with Gasteiger partial charge in [0.2, 0.25) is 0 Å². The molecule has 118 valence electrons. The summed E-state index contributed by atoms with van der Waals surface area (Å²) in [5, 5.41) is 7.70. The molecule has 23 heavy (non-hydrogen) atoms. The third-order valence-corrected chi connectivity index (χ3v) is 6.28. The van der Waals surface area contributed by atoms with Gasteiger partial charge >= 0.3 is 0 Å². The molecule has 2 aromatic carbocycles. The monoisotopic (exact) mass is 349 g/mol. The van der Waals surface area contributed by atoms with Crippen molar-refractivity contribution in [1.82, 2.24) is 10.3 Å². The molecule has 0 saturated carbocycles. The van der Waals surface area contributed by atoms with E-state index >= 15 is 0 Å². The summed E-state index contributed by atoms with van der Waals surface area (Å²) in [6.45, 7) is 1.88. The second-order valence-corrected chi connectivity index (χ2v) is 7.68. The molecule has 0 saturated heterocycles. The van der Waals surface area contributed by atoms with E-state index in [0.29, 0.717) is 17.1 Å². The van der Waals surface area contributed by atoms with Gasteiger partial charge in [0.25, 0.3) is 10.0 Å². The lowest BCUT2D eigenvalue weighted by Crippen LogP contribution is -2.35. The molecular weight excluding hydrogens is 338 g/mol. The van der Waals surface area contributed by atoms with Gasteiger partial charge in [0.1, 0.15) is 4.90 Å². The minimum Gasteiger partial charge on any atom is -0.263 e. The zero-order valence-electron chi connectivity index (χ0n) is 12.1. The van der Waals surface area contributed by atoms with Crippen LogP contribution in [0.15, 0.2) is 45.9 Å². The molecule has 0 N–H and O–H groups in total. The van der Waals surface area contributed by atoms with E-state index in [1.807, 2.05) is 31.2 Å². The number of aromatic nitrogens is 2. The minimum atomic E-state index is -3.80. The van der Waals surface area contributed by atoms with Crippen LogP contribution in [-0.4, -0.2) is 24.8 Å². The molecule has 4 rings (SSSR count). The molecule has 2 heterocycles. The predicted octanol–water partition coefficient (Wildman–Crippen LogP) is 3.02. The lowest BCUT2D eigenvalue weighted by atomic mass is 10.1. The third kappa shape index (κ3) is 2.04. The Morgan fingerprint density at radius 3 is 2.74 bits per heavy atom. The van der Waals surface area contributed by atoms with E-state index in [2.05, 4.69) is 14.9 Å². The lowest BCUT2D eigenvalue weighted by molar-refractivity contribution is 0.315. The van der Waals surface area contributed by atoms with Crippen molar-refractivity contribution in [1.29, 1.82) is 0 Å². The van der Waals surface area contributed by atoms with Gasteiger partial charge in [-0.25, -0.2) is 13.0 Å². The third-order valence-electron chi connectivity index (χ3n) is 4.01. The molecule has 1 aliphatic rings. The van der Waals surface area contributed by atoms with Crippen LogP contribution in [0.5, 0.6) is 0 Å². The predicted molar refractivity (Wildman–Crippen MR) is 86.1 cm³/mol. The van der Waals surface area contributed by atoms with E-state index in [-0.39, 0.29) is 22.0 Å². The summed E-state index contributed by atoms with van der Waals surface area (Å²) in [7, 11) is -3.80. The van der Waals surface area contributed by atoms with Gasteiger partial charge in [-0.1, -0.05) is 29.8 Å². The fraction of sp³-hybridized carbons (Fsp3) is 0.200. The zero-order chi connectivity index (χ0) is 16.2. The number of anilines is 1. The van der Waals surface area contributed by atoms with Crippen LogP contribution >= 0.6 is 11.6 Å². The van der Waals surface area contributed by atoms with Crippen LogP contribution in [0.25, 0.3) is 11.0 Å². The summed E-state index contributed by atoms with van der Waals surface area (Å²) >= 11 is 6.02. The van der Waals surface area contributed by atoms with E-state index in [4.69, 9.17) is 11.6 Å². The number of benzene rings is 2. The van der Waals surface area contributed by atoms with Crippen molar-refractivity contribution in [2.45, 2.75) is 24.3 Å². The van der Waals surface area contributed by atoms with E-state index in [1.54, 1.807) is 0 Å². The van der Waals surface area contributed by atoms with E-state index in [0.717, 1.165) is 5.56 Å². The first-order chi connectivity index (χ1) is 11.0. The zero-order valence-corrected chi connectivity index (χ0v) is 13.7. The van der Waals surface area contributed by atoms with Crippen molar-refractivity contribution in [3.05, 3.63) is 47.0 Å². The van der Waals surface area contributed by atoms with Crippen LogP contribution in [0.1, 0.15) is 12.5 Å². The number of sulfonamides is 1. The summed E-state index contributed by atoms with van der Waals surface area (Å²) in [5.41, 5.74) is 2.09. The van der Waals surface area contributed by atoms with Crippen LogP contribution in [0, 0.1) is 0 Å². The van der Waals surface area contributed by atoms with Gasteiger partial charge in [0.05, 0.1) is 10.7 Å². The summed E-state index contributed by atoms with van der Waals surface area (Å²) in [6.07, 6.45) is 0.670. The SMILES string of the molecule is CC1Cc2ccccc2N1S(=O)(=O)c1ccc(Cl)c2nonc12. The molecule has 0 amide bonds. The van der Waals surface area contributed by atoms with Crippen molar-refractivity contribution < 1.29 is 13.0 Å². The Morgan fingerprint density at radius 1 is 1.17 bits per heavy atom. The van der Waals surface area contributed by atoms with Crippen molar-refractivity contribution >= 4 is 38.3 Å². The number of fused-ring (bicyclic) bond motifs is 2. The number of hydrogen-bond donors (Lipinski definition) is 0. The van der Waals surface area contributed by atoms with Gasteiger partial charge in [-0.2, -0.15) is 0 Å². The molecule has 0 fully saturated rings. The van der Waals surface area contributed by atoms with Crippen LogP contribution in [0.4, 0.5) is 5.69 Å². The van der Waals surface area contributed by atoms with E-state index in [1.165, 1.54) is 16.4 Å². The molecule has 0 spiro atoms. The normalized spacial score (nSPS) is 17.7.